The van der Waals surface area contributed by atoms with E-state index in [-0.39, 0.29) is 6.42 Å². The minimum atomic E-state index is -0.883. The van der Waals surface area contributed by atoms with Crippen molar-refractivity contribution >= 4 is 16.9 Å². The number of benzene rings is 2. The van der Waals surface area contributed by atoms with E-state index in [1.54, 1.807) is 6.08 Å². The number of carboxylic acids is 1. The van der Waals surface area contributed by atoms with Crippen LogP contribution < -0.4 is 5.73 Å². The first-order valence-corrected chi connectivity index (χ1v) is 11.0. The molecular weight excluding hydrogens is 402 g/mol. The van der Waals surface area contributed by atoms with Gasteiger partial charge in [-0.2, -0.15) is 0 Å². The normalized spacial score (nSPS) is 12.4. The number of ether oxygens (including phenoxy) is 1. The van der Waals surface area contributed by atoms with Crippen LogP contribution in [0.4, 0.5) is 0 Å². The van der Waals surface area contributed by atoms with Crippen LogP contribution in [0.2, 0.25) is 0 Å². The molecule has 32 heavy (non-hydrogen) atoms. The Kier molecular flexibility index (Phi) is 7.90. The Morgan fingerprint density at radius 1 is 1.12 bits per heavy atom. The molecule has 1 heterocycles. The number of nitrogens with two attached hydrogens (primary N) is 1. The topological polar surface area (TPSA) is 85.7 Å². The zero-order valence-corrected chi connectivity index (χ0v) is 19.0. The standard InChI is InChI=1S/C27H31NO4/c1-4-8-25-23(17-31-24(6-3)19(5-2)15-27(29)30)22-14-21(11-12-26(22)32-25)20-10-7-9-18(13-20)16-28/h5-7,9-14H,4,8,15-17,28H2,1-3H3,(H,29,30)/b19-5-,24-6+. The minimum Gasteiger partial charge on any atom is -0.489 e. The monoisotopic (exact) mass is 433 g/mol. The number of fused-ring (bicyclic) bond motifs is 1. The molecule has 2 aromatic carbocycles. The van der Waals surface area contributed by atoms with Gasteiger partial charge in [0.25, 0.3) is 0 Å². The van der Waals surface area contributed by atoms with E-state index >= 15 is 0 Å². The van der Waals surface area contributed by atoms with Crippen LogP contribution in [0, 0.1) is 0 Å². The van der Waals surface area contributed by atoms with Gasteiger partial charge in [-0.05, 0) is 61.2 Å². The maximum Gasteiger partial charge on any atom is 0.307 e. The molecule has 0 aliphatic heterocycles. The van der Waals surface area contributed by atoms with E-state index < -0.39 is 5.97 Å². The Bertz CT molecular complexity index is 1150. The smallest absolute Gasteiger partial charge is 0.307 e. The molecule has 168 valence electrons. The molecule has 3 rings (SSSR count). The number of aryl methyl sites for hydroxylation is 1. The lowest BCUT2D eigenvalue weighted by molar-refractivity contribution is -0.136. The Morgan fingerprint density at radius 3 is 2.56 bits per heavy atom. The number of hydrogen-bond acceptors (Lipinski definition) is 4. The van der Waals surface area contributed by atoms with Gasteiger partial charge in [0.1, 0.15) is 23.7 Å². The van der Waals surface area contributed by atoms with Crippen molar-refractivity contribution < 1.29 is 19.1 Å². The van der Waals surface area contributed by atoms with Gasteiger partial charge in [0, 0.05) is 29.5 Å². The second-order valence-corrected chi connectivity index (χ2v) is 7.70. The van der Waals surface area contributed by atoms with E-state index in [0.717, 1.165) is 51.8 Å². The van der Waals surface area contributed by atoms with Gasteiger partial charge in [-0.15, -0.1) is 0 Å². The van der Waals surface area contributed by atoms with E-state index in [1.807, 2.05) is 38.1 Å². The SMILES string of the molecule is C/C=C(CC(=O)O)\C(=C/C)OCc1c(CCC)oc2ccc(-c3cccc(CN)c3)cc12. The maximum atomic E-state index is 11.2. The summed E-state index contributed by atoms with van der Waals surface area (Å²) in [5.74, 6) is 0.607. The molecule has 0 aliphatic rings. The fourth-order valence-corrected chi connectivity index (χ4v) is 3.85. The number of aliphatic carboxylic acids is 1. The first-order valence-electron chi connectivity index (χ1n) is 11.0. The lowest BCUT2D eigenvalue weighted by Crippen LogP contribution is -2.04. The molecule has 3 N–H and O–H groups in total. The van der Waals surface area contributed by atoms with E-state index in [4.69, 9.17) is 14.9 Å². The fourth-order valence-electron chi connectivity index (χ4n) is 3.85. The molecular formula is C27H31NO4. The number of rotatable bonds is 10. The Morgan fingerprint density at radius 2 is 1.91 bits per heavy atom. The van der Waals surface area contributed by atoms with E-state index in [1.165, 1.54) is 0 Å². The van der Waals surface area contributed by atoms with Crippen molar-refractivity contribution in [2.24, 2.45) is 5.73 Å². The summed E-state index contributed by atoms with van der Waals surface area (Å²) in [5.41, 5.74) is 11.6. The molecule has 0 unspecified atom stereocenters. The van der Waals surface area contributed by atoms with Gasteiger partial charge in [-0.1, -0.05) is 37.3 Å². The van der Waals surface area contributed by atoms with Crippen LogP contribution in [0.15, 0.2) is 70.4 Å². The highest BCUT2D eigenvalue weighted by Gasteiger charge is 2.17. The first kappa shape index (κ1) is 23.4. The van der Waals surface area contributed by atoms with E-state index in [2.05, 4.69) is 31.2 Å². The molecule has 5 nitrogen and oxygen atoms in total. The quantitative estimate of drug-likeness (QED) is 0.287. The number of hydrogen-bond donors (Lipinski definition) is 2. The molecule has 0 bridgehead atoms. The minimum absolute atomic E-state index is 0.0776. The molecule has 5 heteroatoms. The third kappa shape index (κ3) is 5.29. The molecule has 0 amide bonds. The van der Waals surface area contributed by atoms with Crippen LogP contribution in [0.5, 0.6) is 0 Å². The summed E-state index contributed by atoms with van der Waals surface area (Å²) in [7, 11) is 0. The Labute approximate surface area is 189 Å². The van der Waals surface area contributed by atoms with Crippen LogP contribution in [0.3, 0.4) is 0 Å². The third-order valence-electron chi connectivity index (χ3n) is 5.49. The lowest BCUT2D eigenvalue weighted by Gasteiger charge is -2.13. The molecule has 0 atom stereocenters. The fraction of sp³-hybridized carbons (Fsp3) is 0.296. The summed E-state index contributed by atoms with van der Waals surface area (Å²) in [5, 5.41) is 10.2. The summed E-state index contributed by atoms with van der Waals surface area (Å²) in [6.45, 7) is 6.60. The second kappa shape index (κ2) is 10.8. The molecule has 0 saturated carbocycles. The Hall–Kier alpha value is -3.31. The summed E-state index contributed by atoms with van der Waals surface area (Å²) in [6.07, 6.45) is 5.28. The van der Waals surface area contributed by atoms with Gasteiger partial charge >= 0.3 is 5.97 Å². The van der Waals surface area contributed by atoms with Crippen molar-refractivity contribution in [3.05, 3.63) is 82.8 Å². The van der Waals surface area contributed by atoms with Crippen LogP contribution in [0.25, 0.3) is 22.1 Å². The summed E-state index contributed by atoms with van der Waals surface area (Å²) >= 11 is 0. The zero-order valence-electron chi connectivity index (χ0n) is 19.0. The van der Waals surface area contributed by atoms with E-state index in [9.17, 15) is 9.90 Å². The van der Waals surface area contributed by atoms with Gasteiger partial charge in [0.15, 0.2) is 0 Å². The molecule has 0 saturated heterocycles. The highest BCUT2D eigenvalue weighted by atomic mass is 16.5. The maximum absolute atomic E-state index is 11.2. The lowest BCUT2D eigenvalue weighted by atomic mass is 10.00. The molecule has 0 aliphatic carbocycles. The number of carbonyl (C=O) groups is 1. The van der Waals surface area contributed by atoms with Crippen molar-refractivity contribution in [2.75, 3.05) is 0 Å². The molecule has 3 aromatic rings. The van der Waals surface area contributed by atoms with Gasteiger partial charge < -0.3 is 20.0 Å². The predicted octanol–water partition coefficient (Wildman–Crippen LogP) is 6.35. The van der Waals surface area contributed by atoms with Crippen LogP contribution >= 0.6 is 0 Å². The Balaban J connectivity index is 1.98. The highest BCUT2D eigenvalue weighted by Crippen LogP contribution is 2.33. The average molecular weight is 434 g/mol. The van der Waals surface area contributed by atoms with Gasteiger partial charge in [-0.3, -0.25) is 4.79 Å². The summed E-state index contributed by atoms with van der Waals surface area (Å²) < 4.78 is 12.3. The molecule has 0 fully saturated rings. The highest BCUT2D eigenvalue weighted by molar-refractivity contribution is 5.87. The largest absolute Gasteiger partial charge is 0.489 e. The van der Waals surface area contributed by atoms with E-state index in [0.29, 0.717) is 24.5 Å². The van der Waals surface area contributed by atoms with Gasteiger partial charge in [0.2, 0.25) is 0 Å². The zero-order chi connectivity index (χ0) is 23.1. The summed E-state index contributed by atoms with van der Waals surface area (Å²) in [4.78, 5) is 11.2. The molecule has 0 spiro atoms. The van der Waals surface area contributed by atoms with Crippen molar-refractivity contribution in [1.82, 2.24) is 0 Å². The summed E-state index contributed by atoms with van der Waals surface area (Å²) in [6, 6.07) is 14.4. The van der Waals surface area contributed by atoms with Gasteiger partial charge in [0.05, 0.1) is 6.42 Å². The van der Waals surface area contributed by atoms with Crippen molar-refractivity contribution in [1.29, 1.82) is 0 Å². The number of allylic oxidation sites excluding steroid dienone is 3. The van der Waals surface area contributed by atoms with Crippen LogP contribution in [-0.4, -0.2) is 11.1 Å². The molecule has 1 aromatic heterocycles. The van der Waals surface area contributed by atoms with Crippen LogP contribution in [-0.2, 0) is 29.1 Å². The first-order chi connectivity index (χ1) is 15.5. The number of carboxylic acid groups (broad SMARTS) is 1. The van der Waals surface area contributed by atoms with Crippen LogP contribution in [0.1, 0.15) is 50.5 Å². The van der Waals surface area contributed by atoms with Crippen molar-refractivity contribution in [3.8, 4) is 11.1 Å². The molecule has 0 radical (unpaired) electrons. The van der Waals surface area contributed by atoms with Gasteiger partial charge in [-0.25, -0.2) is 0 Å². The third-order valence-corrected chi connectivity index (χ3v) is 5.49. The average Bonchev–Trinajstić information content (AvgIpc) is 3.15. The van der Waals surface area contributed by atoms with Crippen molar-refractivity contribution in [3.63, 3.8) is 0 Å². The number of furan rings is 1. The predicted molar refractivity (Wildman–Crippen MR) is 128 cm³/mol. The van der Waals surface area contributed by atoms with Crippen molar-refractivity contribution in [2.45, 2.75) is 53.2 Å². The second-order valence-electron chi connectivity index (χ2n) is 7.70.